The predicted octanol–water partition coefficient (Wildman–Crippen LogP) is 2.01. The summed E-state index contributed by atoms with van der Waals surface area (Å²) in [5, 5.41) is 16.2. The third kappa shape index (κ3) is 6.25. The van der Waals surface area contributed by atoms with Gasteiger partial charge in [0.2, 0.25) is 0 Å². The third-order valence-electron chi connectivity index (χ3n) is 3.18. The quantitative estimate of drug-likeness (QED) is 0.809. The number of aliphatic hydroxyl groups excluding tert-OH is 2. The summed E-state index contributed by atoms with van der Waals surface area (Å²) in [5.74, 6) is 0.332. The normalized spacial score (nSPS) is 23.4. The molecule has 2 N–H and O–H groups in total. The van der Waals surface area contributed by atoms with Crippen molar-refractivity contribution in [3.8, 4) is 0 Å². The summed E-state index contributed by atoms with van der Waals surface area (Å²) in [5.41, 5.74) is -0.441. The first-order chi connectivity index (χ1) is 8.87. The lowest BCUT2D eigenvalue weighted by Gasteiger charge is -2.39. The number of hydrogen-bond acceptors (Lipinski definition) is 4. The first kappa shape index (κ1) is 18.2. The molecule has 5 nitrogen and oxygen atoms in total. The number of hydrogen-bond donors (Lipinski definition) is 2. The molecule has 19 heavy (non-hydrogen) atoms. The van der Waals surface area contributed by atoms with Gasteiger partial charge in [0.15, 0.2) is 0 Å². The number of aliphatic hydroxyl groups is 2. The molecule has 1 aliphatic heterocycles. The van der Waals surface area contributed by atoms with Gasteiger partial charge < -0.3 is 19.8 Å². The van der Waals surface area contributed by atoms with E-state index in [0.29, 0.717) is 12.5 Å². The Bertz CT molecular complexity index is 263. The first-order valence-electron chi connectivity index (χ1n) is 6.92. The number of likely N-dealkylation sites (tertiary alicyclic amines) is 1. The maximum atomic E-state index is 12.0. The Labute approximate surface area is 116 Å². The van der Waals surface area contributed by atoms with Gasteiger partial charge in [-0.05, 0) is 46.0 Å². The molecule has 0 saturated carbocycles. The average molecular weight is 275 g/mol. The average Bonchev–Trinajstić information content (AvgIpc) is 2.38. The van der Waals surface area contributed by atoms with Crippen LogP contribution in [0, 0.1) is 5.92 Å². The summed E-state index contributed by atoms with van der Waals surface area (Å²) in [4.78, 5) is 13.8. The highest BCUT2D eigenvalue weighted by molar-refractivity contribution is 5.68. The van der Waals surface area contributed by atoms with E-state index in [0.717, 1.165) is 26.4 Å². The predicted molar refractivity (Wildman–Crippen MR) is 75.0 cm³/mol. The molecule has 0 radical (unpaired) electrons. The van der Waals surface area contributed by atoms with Crippen LogP contribution in [0.4, 0.5) is 4.79 Å². The fourth-order valence-corrected chi connectivity index (χ4v) is 2.25. The highest BCUT2D eigenvalue weighted by atomic mass is 16.6. The van der Waals surface area contributed by atoms with Crippen molar-refractivity contribution in [2.24, 2.45) is 5.92 Å². The Balaban J connectivity index is 0.00000154. The number of nitrogens with zero attached hydrogens (tertiary/aromatic N) is 1. The van der Waals surface area contributed by atoms with Gasteiger partial charge in [0.1, 0.15) is 5.60 Å². The molecule has 1 fully saturated rings. The molecule has 1 amide bonds. The second kappa shape index (κ2) is 8.38. The molecule has 2 atom stereocenters. The smallest absolute Gasteiger partial charge is 0.410 e. The van der Waals surface area contributed by atoms with Gasteiger partial charge in [0.25, 0.3) is 0 Å². The number of rotatable bonds is 2. The van der Waals surface area contributed by atoms with E-state index in [2.05, 4.69) is 6.92 Å². The van der Waals surface area contributed by atoms with Crippen molar-refractivity contribution in [1.29, 1.82) is 0 Å². The number of carbonyl (C=O) groups is 1. The summed E-state index contributed by atoms with van der Waals surface area (Å²) in [6.45, 7) is 8.63. The minimum Gasteiger partial charge on any atom is -0.444 e. The zero-order chi connectivity index (χ0) is 15.1. The Kier molecular flexibility index (Phi) is 8.02. The minimum atomic E-state index is -0.441. The Hall–Kier alpha value is -0.810. The SMILES string of the molecule is CC[C@@H]1C[C@H](CO)CCN1C(=O)OC(C)(C)C.CO. The van der Waals surface area contributed by atoms with Crippen molar-refractivity contribution in [3.05, 3.63) is 0 Å². The van der Waals surface area contributed by atoms with E-state index in [1.165, 1.54) is 0 Å². The van der Waals surface area contributed by atoms with Crippen LogP contribution in [0.25, 0.3) is 0 Å². The maximum absolute atomic E-state index is 12.0. The van der Waals surface area contributed by atoms with E-state index >= 15 is 0 Å². The lowest BCUT2D eigenvalue weighted by Crippen LogP contribution is -2.48. The fraction of sp³-hybridized carbons (Fsp3) is 0.929. The molecular formula is C14H29NO4. The summed E-state index contributed by atoms with van der Waals surface area (Å²) in [6.07, 6.45) is 2.44. The van der Waals surface area contributed by atoms with Crippen LogP contribution in [-0.4, -0.2) is 53.1 Å². The molecule has 1 saturated heterocycles. The molecule has 0 aromatic rings. The van der Waals surface area contributed by atoms with Crippen LogP contribution >= 0.6 is 0 Å². The molecule has 0 aromatic heterocycles. The van der Waals surface area contributed by atoms with Gasteiger partial charge in [-0.15, -0.1) is 0 Å². The zero-order valence-corrected chi connectivity index (χ0v) is 12.8. The van der Waals surface area contributed by atoms with Crippen molar-refractivity contribution in [2.45, 2.75) is 58.6 Å². The summed E-state index contributed by atoms with van der Waals surface area (Å²) in [6, 6.07) is 0.204. The second-order valence-electron chi connectivity index (χ2n) is 5.81. The molecule has 114 valence electrons. The van der Waals surface area contributed by atoms with Crippen LogP contribution in [-0.2, 0) is 4.74 Å². The van der Waals surface area contributed by atoms with Gasteiger partial charge in [0, 0.05) is 26.3 Å². The summed E-state index contributed by atoms with van der Waals surface area (Å²) in [7, 11) is 1.00. The van der Waals surface area contributed by atoms with Crippen molar-refractivity contribution >= 4 is 6.09 Å². The van der Waals surface area contributed by atoms with Gasteiger partial charge in [-0.25, -0.2) is 4.79 Å². The van der Waals surface area contributed by atoms with Gasteiger partial charge in [0.05, 0.1) is 0 Å². The molecule has 5 heteroatoms. The van der Waals surface area contributed by atoms with Crippen molar-refractivity contribution < 1.29 is 19.7 Å². The molecule has 0 aromatic carbocycles. The standard InChI is InChI=1S/C13H25NO3.CH4O/c1-5-11-8-10(9-15)6-7-14(11)12(16)17-13(2,3)4;1-2/h10-11,15H,5-9H2,1-4H3;2H,1H3/t10-,11-;/m1./s1. The third-order valence-corrected chi connectivity index (χ3v) is 3.18. The number of carbonyl (C=O) groups excluding carboxylic acids is 1. The monoisotopic (exact) mass is 275 g/mol. The lowest BCUT2D eigenvalue weighted by molar-refractivity contribution is 0.000260. The molecular weight excluding hydrogens is 246 g/mol. The van der Waals surface area contributed by atoms with E-state index < -0.39 is 5.60 Å². The van der Waals surface area contributed by atoms with Gasteiger partial charge >= 0.3 is 6.09 Å². The van der Waals surface area contributed by atoms with Crippen LogP contribution in [0.1, 0.15) is 47.0 Å². The number of piperidine rings is 1. The largest absolute Gasteiger partial charge is 0.444 e. The van der Waals surface area contributed by atoms with Crippen LogP contribution in [0.5, 0.6) is 0 Å². The molecule has 0 aliphatic carbocycles. The Morgan fingerprint density at radius 1 is 1.37 bits per heavy atom. The molecule has 0 unspecified atom stereocenters. The first-order valence-corrected chi connectivity index (χ1v) is 6.92. The van der Waals surface area contributed by atoms with Crippen molar-refractivity contribution in [3.63, 3.8) is 0 Å². The maximum Gasteiger partial charge on any atom is 0.410 e. The second-order valence-corrected chi connectivity index (χ2v) is 5.81. The van der Waals surface area contributed by atoms with Crippen LogP contribution in [0.15, 0.2) is 0 Å². The van der Waals surface area contributed by atoms with Crippen LogP contribution in [0.2, 0.25) is 0 Å². The molecule has 0 spiro atoms. The van der Waals surface area contributed by atoms with Crippen LogP contribution in [0.3, 0.4) is 0 Å². The van der Waals surface area contributed by atoms with Crippen molar-refractivity contribution in [2.75, 3.05) is 20.3 Å². The highest BCUT2D eigenvalue weighted by Gasteiger charge is 2.32. The van der Waals surface area contributed by atoms with Gasteiger partial charge in [-0.3, -0.25) is 0 Å². The van der Waals surface area contributed by atoms with E-state index in [-0.39, 0.29) is 18.7 Å². The number of ether oxygens (including phenoxy) is 1. The Morgan fingerprint density at radius 3 is 2.37 bits per heavy atom. The van der Waals surface area contributed by atoms with E-state index in [1.807, 2.05) is 25.7 Å². The fourth-order valence-electron chi connectivity index (χ4n) is 2.25. The zero-order valence-electron chi connectivity index (χ0n) is 12.8. The van der Waals surface area contributed by atoms with E-state index in [1.54, 1.807) is 0 Å². The molecule has 1 rings (SSSR count). The molecule has 0 bridgehead atoms. The van der Waals surface area contributed by atoms with Gasteiger partial charge in [-0.2, -0.15) is 0 Å². The molecule has 1 aliphatic rings. The summed E-state index contributed by atoms with van der Waals surface area (Å²) < 4.78 is 5.40. The van der Waals surface area contributed by atoms with Crippen molar-refractivity contribution in [1.82, 2.24) is 4.90 Å². The highest BCUT2D eigenvalue weighted by Crippen LogP contribution is 2.26. The van der Waals surface area contributed by atoms with Crippen LogP contribution < -0.4 is 0 Å². The number of amides is 1. The lowest BCUT2D eigenvalue weighted by atomic mass is 9.90. The molecule has 1 heterocycles. The summed E-state index contributed by atoms with van der Waals surface area (Å²) >= 11 is 0. The van der Waals surface area contributed by atoms with Gasteiger partial charge in [-0.1, -0.05) is 6.92 Å². The minimum absolute atomic E-state index is 0.204. The Morgan fingerprint density at radius 2 is 1.95 bits per heavy atom. The topological polar surface area (TPSA) is 70.0 Å². The van der Waals surface area contributed by atoms with E-state index in [4.69, 9.17) is 9.84 Å². The van der Waals surface area contributed by atoms with E-state index in [9.17, 15) is 9.90 Å².